The number of fused-ring (bicyclic) bond motifs is 1. The lowest BCUT2D eigenvalue weighted by atomic mass is 10.1. The average Bonchev–Trinajstić information content (AvgIpc) is 3.19. The Kier molecular flexibility index (Phi) is 5.12. The van der Waals surface area contributed by atoms with Crippen molar-refractivity contribution in [1.82, 2.24) is 15.0 Å². The standard InChI is InChI=1S/C19H15N7O4S/c20-9-12(7-11-1-6-15-16(8-11)30-10-29-15)17-24-18(21)26-19(25-17)23-13-2-4-14(5-3-13)31(22,27)28/h1-8H,10H2,(H2,22,27,28)(H3,21,23,24,25,26)/b12-7+. The number of nitrogens with one attached hydrogen (secondary N) is 1. The summed E-state index contributed by atoms with van der Waals surface area (Å²) in [7, 11) is -3.80. The number of benzene rings is 2. The molecule has 4 rings (SSSR count). The van der Waals surface area contributed by atoms with Gasteiger partial charge >= 0.3 is 0 Å². The number of nitrogens with zero attached hydrogens (tertiary/aromatic N) is 4. The van der Waals surface area contributed by atoms with E-state index >= 15 is 0 Å². The number of nitriles is 1. The van der Waals surface area contributed by atoms with Crippen LogP contribution in [0.4, 0.5) is 17.6 Å². The number of hydrogen-bond donors (Lipinski definition) is 3. The highest BCUT2D eigenvalue weighted by Gasteiger charge is 2.15. The molecule has 11 nitrogen and oxygen atoms in total. The van der Waals surface area contributed by atoms with Gasteiger partial charge in [0.1, 0.15) is 6.07 Å². The van der Waals surface area contributed by atoms with Gasteiger partial charge in [0.2, 0.25) is 28.7 Å². The zero-order valence-electron chi connectivity index (χ0n) is 15.8. The Hall–Kier alpha value is -4.21. The highest BCUT2D eigenvalue weighted by Crippen LogP contribution is 2.33. The molecule has 0 unspecified atom stereocenters. The predicted octanol–water partition coefficient (Wildman–Crippen LogP) is 1.64. The summed E-state index contributed by atoms with van der Waals surface area (Å²) < 4.78 is 33.4. The van der Waals surface area contributed by atoms with E-state index in [0.717, 1.165) is 0 Å². The molecule has 5 N–H and O–H groups in total. The zero-order chi connectivity index (χ0) is 22.0. The third-order valence-corrected chi connectivity index (χ3v) is 5.09. The highest BCUT2D eigenvalue weighted by molar-refractivity contribution is 7.89. The smallest absolute Gasteiger partial charge is 0.238 e. The molecular formula is C19H15N7O4S. The number of anilines is 3. The van der Waals surface area contributed by atoms with Crippen LogP contribution in [0.3, 0.4) is 0 Å². The van der Waals surface area contributed by atoms with Crippen molar-refractivity contribution in [1.29, 1.82) is 5.26 Å². The van der Waals surface area contributed by atoms with Gasteiger partial charge in [0.05, 0.1) is 10.5 Å². The van der Waals surface area contributed by atoms with Gasteiger partial charge in [-0.2, -0.15) is 20.2 Å². The van der Waals surface area contributed by atoms with E-state index < -0.39 is 10.0 Å². The lowest BCUT2D eigenvalue weighted by Crippen LogP contribution is -2.12. The molecule has 0 bridgehead atoms. The van der Waals surface area contributed by atoms with Gasteiger partial charge < -0.3 is 20.5 Å². The van der Waals surface area contributed by atoms with E-state index in [9.17, 15) is 13.7 Å². The van der Waals surface area contributed by atoms with Crippen molar-refractivity contribution >= 4 is 39.3 Å². The zero-order valence-corrected chi connectivity index (χ0v) is 16.6. The summed E-state index contributed by atoms with van der Waals surface area (Å²) in [6, 6.07) is 12.9. The molecule has 0 fully saturated rings. The quantitative estimate of drug-likeness (QED) is 0.497. The molecule has 0 radical (unpaired) electrons. The molecule has 12 heteroatoms. The first-order valence-corrected chi connectivity index (χ1v) is 10.3. The maximum atomic E-state index is 11.4. The van der Waals surface area contributed by atoms with Crippen molar-refractivity contribution in [3.63, 3.8) is 0 Å². The van der Waals surface area contributed by atoms with Gasteiger partial charge in [0.25, 0.3) is 0 Å². The normalized spacial score (nSPS) is 13.0. The van der Waals surface area contributed by atoms with Crippen molar-refractivity contribution in [2.75, 3.05) is 17.8 Å². The van der Waals surface area contributed by atoms with Crippen molar-refractivity contribution in [2.24, 2.45) is 5.14 Å². The fraction of sp³-hybridized carbons (Fsp3) is 0.0526. The molecule has 3 aromatic rings. The molecule has 156 valence electrons. The van der Waals surface area contributed by atoms with E-state index in [-0.39, 0.29) is 35.0 Å². The van der Waals surface area contributed by atoms with Crippen LogP contribution in [-0.2, 0) is 10.0 Å². The molecule has 0 amide bonds. The minimum absolute atomic E-state index is 0.0349. The van der Waals surface area contributed by atoms with Crippen molar-refractivity contribution in [2.45, 2.75) is 4.90 Å². The van der Waals surface area contributed by atoms with Crippen molar-refractivity contribution in [3.8, 4) is 17.6 Å². The summed E-state index contributed by atoms with van der Waals surface area (Å²) in [5.74, 6) is 1.25. The second-order valence-corrected chi connectivity index (χ2v) is 7.88. The molecule has 2 heterocycles. The lowest BCUT2D eigenvalue weighted by Gasteiger charge is -2.08. The number of ether oxygens (including phenoxy) is 2. The monoisotopic (exact) mass is 437 g/mol. The Balaban J connectivity index is 1.62. The highest BCUT2D eigenvalue weighted by atomic mass is 32.2. The Bertz CT molecular complexity index is 1330. The van der Waals surface area contributed by atoms with E-state index in [4.69, 9.17) is 20.3 Å². The number of sulfonamides is 1. The Morgan fingerprint density at radius 1 is 1.10 bits per heavy atom. The van der Waals surface area contributed by atoms with E-state index in [0.29, 0.717) is 22.7 Å². The van der Waals surface area contributed by atoms with E-state index in [1.54, 1.807) is 24.3 Å². The summed E-state index contributed by atoms with van der Waals surface area (Å²) in [5.41, 5.74) is 7.11. The summed E-state index contributed by atoms with van der Waals surface area (Å²) in [5, 5.41) is 17.6. The van der Waals surface area contributed by atoms with Crippen LogP contribution in [0.1, 0.15) is 11.4 Å². The molecule has 1 aliphatic rings. The number of hydrogen-bond acceptors (Lipinski definition) is 10. The Morgan fingerprint density at radius 2 is 1.84 bits per heavy atom. The second-order valence-electron chi connectivity index (χ2n) is 6.32. The lowest BCUT2D eigenvalue weighted by molar-refractivity contribution is 0.174. The number of nitrogens with two attached hydrogens (primary N) is 2. The minimum atomic E-state index is -3.80. The van der Waals surface area contributed by atoms with E-state index in [1.165, 1.54) is 24.3 Å². The van der Waals surface area contributed by atoms with Crippen LogP contribution in [0.15, 0.2) is 47.4 Å². The van der Waals surface area contributed by atoms with Crippen LogP contribution in [0.5, 0.6) is 11.5 Å². The number of aromatic nitrogens is 3. The van der Waals surface area contributed by atoms with Gasteiger partial charge in [-0.3, -0.25) is 0 Å². The molecule has 0 saturated heterocycles. The number of primary sulfonamides is 1. The number of allylic oxidation sites excluding steroid dienone is 1. The third kappa shape index (κ3) is 4.53. The Morgan fingerprint density at radius 3 is 2.55 bits per heavy atom. The van der Waals surface area contributed by atoms with Gasteiger partial charge in [0.15, 0.2) is 17.3 Å². The van der Waals surface area contributed by atoms with Crippen molar-refractivity contribution < 1.29 is 17.9 Å². The maximum absolute atomic E-state index is 11.4. The first kappa shape index (κ1) is 20.1. The molecule has 2 aromatic carbocycles. The predicted molar refractivity (Wildman–Crippen MR) is 111 cm³/mol. The summed E-state index contributed by atoms with van der Waals surface area (Å²) >= 11 is 0. The van der Waals surface area contributed by atoms with Crippen LogP contribution in [0.25, 0.3) is 11.6 Å². The second kappa shape index (κ2) is 7.90. The number of nitrogen functional groups attached to an aromatic ring is 1. The van der Waals surface area contributed by atoms with E-state index in [1.807, 2.05) is 6.07 Å². The van der Waals surface area contributed by atoms with Gasteiger partial charge in [0, 0.05) is 5.69 Å². The molecule has 0 atom stereocenters. The van der Waals surface area contributed by atoms with Crippen LogP contribution < -0.4 is 25.7 Å². The molecule has 1 aromatic heterocycles. The topological polar surface area (TPSA) is 179 Å². The summed E-state index contributed by atoms with van der Waals surface area (Å²) in [4.78, 5) is 12.2. The maximum Gasteiger partial charge on any atom is 0.238 e. The summed E-state index contributed by atoms with van der Waals surface area (Å²) in [6.45, 7) is 0.144. The largest absolute Gasteiger partial charge is 0.454 e. The minimum Gasteiger partial charge on any atom is -0.454 e. The van der Waals surface area contributed by atoms with Gasteiger partial charge in [-0.1, -0.05) is 6.07 Å². The first-order chi connectivity index (χ1) is 14.8. The SMILES string of the molecule is N#C/C(=C\c1ccc2c(c1)OCO2)c1nc(N)nc(Nc2ccc(S(N)(=O)=O)cc2)n1. The Labute approximate surface area is 177 Å². The number of rotatable bonds is 5. The summed E-state index contributed by atoms with van der Waals surface area (Å²) in [6.07, 6.45) is 1.58. The third-order valence-electron chi connectivity index (χ3n) is 4.16. The fourth-order valence-corrected chi connectivity index (χ4v) is 3.26. The average molecular weight is 437 g/mol. The van der Waals surface area contributed by atoms with Gasteiger partial charge in [-0.15, -0.1) is 0 Å². The van der Waals surface area contributed by atoms with Gasteiger partial charge in [-0.25, -0.2) is 13.6 Å². The van der Waals surface area contributed by atoms with Gasteiger partial charge in [-0.05, 0) is 48.0 Å². The molecular weight excluding hydrogens is 422 g/mol. The fourth-order valence-electron chi connectivity index (χ4n) is 2.74. The van der Waals surface area contributed by atoms with Crippen LogP contribution >= 0.6 is 0 Å². The van der Waals surface area contributed by atoms with Crippen molar-refractivity contribution in [3.05, 3.63) is 53.9 Å². The molecule has 1 aliphatic heterocycles. The first-order valence-electron chi connectivity index (χ1n) is 8.75. The van der Waals surface area contributed by atoms with Crippen LogP contribution in [-0.4, -0.2) is 30.2 Å². The van der Waals surface area contributed by atoms with Crippen LogP contribution in [0.2, 0.25) is 0 Å². The molecule has 0 spiro atoms. The molecule has 0 aliphatic carbocycles. The van der Waals surface area contributed by atoms with Crippen LogP contribution in [0, 0.1) is 11.3 Å². The molecule has 31 heavy (non-hydrogen) atoms. The molecule has 0 saturated carbocycles. The van der Waals surface area contributed by atoms with E-state index in [2.05, 4.69) is 20.3 Å².